The lowest BCUT2D eigenvalue weighted by Gasteiger charge is -2.16. The number of rotatable bonds is 6. The standard InChI is InChI=1S/C23H24N4O3/c1-14(2)16-7-3-6-10-19(16)25-21(28)13-27-22(29)20(26-23(27)30)11-15-12-24-18-9-5-4-8-17(15)18/h3-10,12,14,20,24H,11,13H2,1-2H3,(H,25,28)(H,26,30)/t20-/m0/s1. The first-order valence-electron chi connectivity index (χ1n) is 9.99. The summed E-state index contributed by atoms with van der Waals surface area (Å²) < 4.78 is 0. The second-order valence-corrected chi connectivity index (χ2v) is 7.78. The molecule has 1 aromatic heterocycles. The van der Waals surface area contributed by atoms with E-state index in [9.17, 15) is 14.4 Å². The van der Waals surface area contributed by atoms with Gasteiger partial charge in [-0.15, -0.1) is 0 Å². The van der Waals surface area contributed by atoms with Crippen LogP contribution in [0.3, 0.4) is 0 Å². The number of nitrogens with zero attached hydrogens (tertiary/aromatic N) is 1. The van der Waals surface area contributed by atoms with Crippen LogP contribution < -0.4 is 10.6 Å². The van der Waals surface area contributed by atoms with E-state index in [0.29, 0.717) is 12.1 Å². The monoisotopic (exact) mass is 404 g/mol. The first kappa shape index (κ1) is 19.7. The van der Waals surface area contributed by atoms with E-state index in [1.807, 2.05) is 68.6 Å². The Morgan fingerprint density at radius 2 is 1.83 bits per heavy atom. The van der Waals surface area contributed by atoms with E-state index in [1.54, 1.807) is 0 Å². The van der Waals surface area contributed by atoms with E-state index in [0.717, 1.165) is 26.9 Å². The molecule has 30 heavy (non-hydrogen) atoms. The van der Waals surface area contributed by atoms with Gasteiger partial charge in [-0.1, -0.05) is 50.2 Å². The minimum absolute atomic E-state index is 0.235. The van der Waals surface area contributed by atoms with Gasteiger partial charge in [-0.3, -0.25) is 14.5 Å². The average molecular weight is 404 g/mol. The molecule has 7 heteroatoms. The molecule has 2 heterocycles. The molecule has 4 rings (SSSR count). The number of carbonyl (C=O) groups excluding carboxylic acids is 3. The fraction of sp³-hybridized carbons (Fsp3) is 0.261. The van der Waals surface area contributed by atoms with E-state index < -0.39 is 23.9 Å². The SMILES string of the molecule is CC(C)c1ccccc1NC(=O)CN1C(=O)N[C@@H](Cc2c[nH]c3ccccc23)C1=O. The van der Waals surface area contributed by atoms with Crippen molar-refractivity contribution in [3.63, 3.8) is 0 Å². The Hall–Kier alpha value is -3.61. The number of fused-ring (bicyclic) bond motifs is 1. The molecule has 154 valence electrons. The maximum absolute atomic E-state index is 12.8. The zero-order valence-corrected chi connectivity index (χ0v) is 16.9. The van der Waals surface area contributed by atoms with Gasteiger partial charge >= 0.3 is 6.03 Å². The molecule has 3 aromatic rings. The number of imide groups is 1. The van der Waals surface area contributed by atoms with Gasteiger partial charge in [0.25, 0.3) is 5.91 Å². The molecule has 1 atom stereocenters. The molecule has 0 spiro atoms. The lowest BCUT2D eigenvalue weighted by Crippen LogP contribution is -2.38. The van der Waals surface area contributed by atoms with Crippen LogP contribution in [0.1, 0.15) is 30.9 Å². The molecular weight excluding hydrogens is 380 g/mol. The highest BCUT2D eigenvalue weighted by atomic mass is 16.2. The fourth-order valence-electron chi connectivity index (χ4n) is 3.83. The molecule has 3 N–H and O–H groups in total. The highest BCUT2D eigenvalue weighted by Crippen LogP contribution is 2.24. The van der Waals surface area contributed by atoms with E-state index in [4.69, 9.17) is 0 Å². The van der Waals surface area contributed by atoms with E-state index in [-0.39, 0.29) is 12.5 Å². The van der Waals surface area contributed by atoms with Crippen LogP contribution in [0.15, 0.2) is 54.7 Å². The highest BCUT2D eigenvalue weighted by molar-refractivity contribution is 6.08. The van der Waals surface area contributed by atoms with Crippen LogP contribution in [0.5, 0.6) is 0 Å². The fourth-order valence-corrected chi connectivity index (χ4v) is 3.83. The van der Waals surface area contributed by atoms with Gasteiger partial charge in [-0.25, -0.2) is 4.79 Å². The summed E-state index contributed by atoms with van der Waals surface area (Å²) in [5.74, 6) is -0.560. The van der Waals surface area contributed by atoms with Crippen molar-refractivity contribution in [2.75, 3.05) is 11.9 Å². The molecular formula is C23H24N4O3. The lowest BCUT2D eigenvalue weighted by molar-refractivity contribution is -0.130. The molecule has 1 aliphatic heterocycles. The van der Waals surface area contributed by atoms with Crippen molar-refractivity contribution in [3.05, 3.63) is 65.9 Å². The number of amides is 4. The van der Waals surface area contributed by atoms with Crippen LogP contribution in [0.25, 0.3) is 10.9 Å². The third-order valence-electron chi connectivity index (χ3n) is 5.36. The van der Waals surface area contributed by atoms with E-state index in [2.05, 4.69) is 15.6 Å². The topological polar surface area (TPSA) is 94.3 Å². The summed E-state index contributed by atoms with van der Waals surface area (Å²) in [6, 6.07) is 14.1. The number of para-hydroxylation sites is 2. The van der Waals surface area contributed by atoms with Crippen molar-refractivity contribution in [1.82, 2.24) is 15.2 Å². The van der Waals surface area contributed by atoms with Crippen molar-refractivity contribution >= 4 is 34.4 Å². The van der Waals surface area contributed by atoms with Gasteiger partial charge in [0.2, 0.25) is 5.91 Å². The van der Waals surface area contributed by atoms with E-state index in [1.165, 1.54) is 0 Å². The number of urea groups is 1. The van der Waals surface area contributed by atoms with Gasteiger partial charge in [0.05, 0.1) is 0 Å². The molecule has 1 saturated heterocycles. The largest absolute Gasteiger partial charge is 0.361 e. The first-order valence-corrected chi connectivity index (χ1v) is 9.99. The summed E-state index contributed by atoms with van der Waals surface area (Å²) in [5.41, 5.74) is 3.62. The van der Waals surface area contributed by atoms with Crippen molar-refractivity contribution in [2.45, 2.75) is 32.2 Å². The predicted molar refractivity (Wildman–Crippen MR) is 115 cm³/mol. The minimum atomic E-state index is -0.688. The number of anilines is 1. The quantitative estimate of drug-likeness (QED) is 0.550. The number of benzene rings is 2. The summed E-state index contributed by atoms with van der Waals surface area (Å²) in [6.45, 7) is 3.76. The summed E-state index contributed by atoms with van der Waals surface area (Å²) in [4.78, 5) is 41.8. The van der Waals surface area contributed by atoms with Gasteiger partial charge in [0, 0.05) is 29.2 Å². The third kappa shape index (κ3) is 3.78. The Morgan fingerprint density at radius 1 is 1.10 bits per heavy atom. The summed E-state index contributed by atoms with van der Waals surface area (Å²) in [7, 11) is 0. The molecule has 7 nitrogen and oxygen atoms in total. The predicted octanol–water partition coefficient (Wildman–Crippen LogP) is 3.39. The van der Waals surface area contributed by atoms with Crippen molar-refractivity contribution in [2.24, 2.45) is 0 Å². The Morgan fingerprint density at radius 3 is 2.63 bits per heavy atom. The van der Waals surface area contributed by atoms with Crippen molar-refractivity contribution in [3.8, 4) is 0 Å². The molecule has 0 bridgehead atoms. The molecule has 0 unspecified atom stereocenters. The lowest BCUT2D eigenvalue weighted by atomic mass is 10.0. The number of H-pyrrole nitrogens is 1. The van der Waals surface area contributed by atoms with Crippen LogP contribution in [-0.2, 0) is 16.0 Å². The number of hydrogen-bond donors (Lipinski definition) is 3. The average Bonchev–Trinajstić information content (AvgIpc) is 3.25. The molecule has 0 aliphatic carbocycles. The van der Waals surface area contributed by atoms with E-state index >= 15 is 0 Å². The minimum Gasteiger partial charge on any atom is -0.361 e. The number of aromatic nitrogens is 1. The Balaban J connectivity index is 1.44. The Kier molecular flexibility index (Phi) is 5.27. The zero-order valence-electron chi connectivity index (χ0n) is 16.9. The molecule has 0 radical (unpaired) electrons. The van der Waals surface area contributed by atoms with Crippen LogP contribution in [0, 0.1) is 0 Å². The molecule has 2 aromatic carbocycles. The van der Waals surface area contributed by atoms with Crippen LogP contribution in [-0.4, -0.2) is 40.3 Å². The van der Waals surface area contributed by atoms with Gasteiger partial charge in [-0.2, -0.15) is 0 Å². The highest BCUT2D eigenvalue weighted by Gasteiger charge is 2.39. The number of aromatic amines is 1. The number of nitrogens with one attached hydrogen (secondary N) is 3. The second-order valence-electron chi connectivity index (χ2n) is 7.78. The van der Waals surface area contributed by atoms with Crippen LogP contribution in [0.2, 0.25) is 0 Å². The van der Waals surface area contributed by atoms with Crippen molar-refractivity contribution < 1.29 is 14.4 Å². The molecule has 1 fully saturated rings. The molecule has 4 amide bonds. The smallest absolute Gasteiger partial charge is 0.325 e. The van der Waals surface area contributed by atoms with Gasteiger partial charge in [-0.05, 0) is 29.2 Å². The third-order valence-corrected chi connectivity index (χ3v) is 5.36. The Labute approximate surface area is 174 Å². The first-order chi connectivity index (χ1) is 14.4. The van der Waals surface area contributed by atoms with Gasteiger partial charge in [0.1, 0.15) is 12.6 Å². The number of carbonyl (C=O) groups is 3. The summed E-state index contributed by atoms with van der Waals surface area (Å²) in [5, 5.41) is 6.54. The van der Waals surface area contributed by atoms with Gasteiger partial charge in [0.15, 0.2) is 0 Å². The maximum Gasteiger partial charge on any atom is 0.325 e. The second kappa shape index (κ2) is 8.02. The Bertz CT molecular complexity index is 1120. The summed E-state index contributed by atoms with van der Waals surface area (Å²) in [6.07, 6.45) is 2.21. The molecule has 1 aliphatic rings. The molecule has 0 saturated carbocycles. The van der Waals surface area contributed by atoms with Crippen LogP contribution in [0.4, 0.5) is 10.5 Å². The maximum atomic E-state index is 12.8. The van der Waals surface area contributed by atoms with Gasteiger partial charge < -0.3 is 15.6 Å². The zero-order chi connectivity index (χ0) is 21.3. The summed E-state index contributed by atoms with van der Waals surface area (Å²) >= 11 is 0. The van der Waals surface area contributed by atoms with Crippen LogP contribution >= 0.6 is 0 Å². The normalized spacial score (nSPS) is 16.4. The number of hydrogen-bond acceptors (Lipinski definition) is 3. The van der Waals surface area contributed by atoms with Crippen molar-refractivity contribution in [1.29, 1.82) is 0 Å².